The van der Waals surface area contributed by atoms with Crippen molar-refractivity contribution in [2.45, 2.75) is 39.3 Å². The van der Waals surface area contributed by atoms with Gasteiger partial charge in [0.05, 0.1) is 11.1 Å². The van der Waals surface area contributed by atoms with Crippen LogP contribution in [0.5, 0.6) is 0 Å². The summed E-state index contributed by atoms with van der Waals surface area (Å²) >= 11 is 0. The van der Waals surface area contributed by atoms with E-state index in [4.69, 9.17) is 5.73 Å². The molecule has 0 saturated carbocycles. The van der Waals surface area contributed by atoms with E-state index in [0.29, 0.717) is 22.7 Å². The molecule has 3 nitrogen and oxygen atoms in total. The summed E-state index contributed by atoms with van der Waals surface area (Å²) in [6.07, 6.45) is -4.39. The Kier molecular flexibility index (Phi) is 5.19. The van der Waals surface area contributed by atoms with Gasteiger partial charge in [0.25, 0.3) is 0 Å². The van der Waals surface area contributed by atoms with E-state index < -0.39 is 11.7 Å². The van der Waals surface area contributed by atoms with Gasteiger partial charge in [0.15, 0.2) is 5.82 Å². The highest BCUT2D eigenvalue weighted by Crippen LogP contribution is 2.35. The van der Waals surface area contributed by atoms with Crippen LogP contribution in [0.25, 0.3) is 33.4 Å². The molecule has 0 unspecified atom stereocenters. The van der Waals surface area contributed by atoms with Gasteiger partial charge in [-0.15, -0.1) is 0 Å². The van der Waals surface area contributed by atoms with Crippen molar-refractivity contribution in [3.05, 3.63) is 77.4 Å². The lowest BCUT2D eigenvalue weighted by Crippen LogP contribution is -2.10. The van der Waals surface area contributed by atoms with Gasteiger partial charge in [0.1, 0.15) is 5.82 Å². The van der Waals surface area contributed by atoms with Crippen molar-refractivity contribution in [1.29, 1.82) is 0 Å². The number of hydrogen-bond acceptors (Lipinski definition) is 3. The number of fused-ring (bicyclic) bond motifs is 1. The van der Waals surface area contributed by atoms with Crippen molar-refractivity contribution in [2.75, 3.05) is 5.73 Å². The standard InChI is InChI=1S/C26H24F3N3/c1-15-20(16-5-9-18(10-6-16)25(2,3)4)13-14-21-22(15)23(30)32-24(31-21)17-7-11-19(12-8-17)26(27,28)29/h5-14H,1-4H3,(H2,30,31,32). The number of nitrogen functional groups attached to an aromatic ring is 1. The smallest absolute Gasteiger partial charge is 0.383 e. The molecule has 4 aromatic rings. The number of alkyl halides is 3. The van der Waals surface area contributed by atoms with E-state index in [1.54, 1.807) is 0 Å². The molecule has 0 aliphatic carbocycles. The Morgan fingerprint density at radius 1 is 0.719 bits per heavy atom. The fourth-order valence-electron chi connectivity index (χ4n) is 3.82. The molecule has 0 amide bonds. The second-order valence-electron chi connectivity index (χ2n) is 8.97. The third-order valence-electron chi connectivity index (χ3n) is 5.68. The van der Waals surface area contributed by atoms with E-state index in [1.165, 1.54) is 17.7 Å². The van der Waals surface area contributed by atoms with Crippen molar-refractivity contribution < 1.29 is 13.2 Å². The Labute approximate surface area is 185 Å². The number of aryl methyl sites for hydroxylation is 1. The number of nitrogens with two attached hydrogens (primary N) is 1. The molecule has 0 aliphatic rings. The Morgan fingerprint density at radius 3 is 1.84 bits per heavy atom. The summed E-state index contributed by atoms with van der Waals surface area (Å²) in [4.78, 5) is 8.96. The lowest BCUT2D eigenvalue weighted by atomic mass is 9.86. The molecule has 0 saturated heterocycles. The Morgan fingerprint density at radius 2 is 1.28 bits per heavy atom. The first-order valence-corrected chi connectivity index (χ1v) is 10.3. The van der Waals surface area contributed by atoms with Crippen LogP contribution in [0.2, 0.25) is 0 Å². The zero-order chi connectivity index (χ0) is 23.3. The van der Waals surface area contributed by atoms with Crippen molar-refractivity contribution in [3.63, 3.8) is 0 Å². The molecule has 0 atom stereocenters. The molecule has 1 heterocycles. The fraction of sp³-hybridized carbons (Fsp3) is 0.231. The van der Waals surface area contributed by atoms with Crippen LogP contribution in [0.15, 0.2) is 60.7 Å². The quantitative estimate of drug-likeness (QED) is 0.363. The molecule has 32 heavy (non-hydrogen) atoms. The molecule has 164 valence electrons. The molecule has 0 spiro atoms. The topological polar surface area (TPSA) is 51.8 Å². The summed E-state index contributed by atoms with van der Waals surface area (Å²) in [5, 5.41) is 0.748. The first-order valence-electron chi connectivity index (χ1n) is 10.3. The fourth-order valence-corrected chi connectivity index (χ4v) is 3.82. The predicted molar refractivity (Wildman–Crippen MR) is 123 cm³/mol. The van der Waals surface area contributed by atoms with E-state index >= 15 is 0 Å². The second-order valence-corrected chi connectivity index (χ2v) is 8.97. The number of aromatic nitrogens is 2. The monoisotopic (exact) mass is 435 g/mol. The lowest BCUT2D eigenvalue weighted by Gasteiger charge is -2.19. The number of rotatable bonds is 2. The number of nitrogens with zero attached hydrogens (tertiary/aromatic N) is 2. The number of hydrogen-bond donors (Lipinski definition) is 1. The largest absolute Gasteiger partial charge is 0.416 e. The van der Waals surface area contributed by atoms with Crippen molar-refractivity contribution in [2.24, 2.45) is 0 Å². The first kappa shape index (κ1) is 21.8. The van der Waals surface area contributed by atoms with Gasteiger partial charge >= 0.3 is 6.18 Å². The SMILES string of the molecule is Cc1c(-c2ccc(C(C)(C)C)cc2)ccc2nc(-c3ccc(C(F)(F)F)cc3)nc(N)c12. The molecule has 4 rings (SSSR count). The van der Waals surface area contributed by atoms with Crippen molar-refractivity contribution >= 4 is 16.7 Å². The molecule has 0 fully saturated rings. The minimum absolute atomic E-state index is 0.0733. The molecule has 6 heteroatoms. The van der Waals surface area contributed by atoms with E-state index in [0.717, 1.165) is 34.2 Å². The summed E-state index contributed by atoms with van der Waals surface area (Å²) < 4.78 is 38.5. The summed E-state index contributed by atoms with van der Waals surface area (Å²) in [6.45, 7) is 8.51. The Balaban J connectivity index is 1.76. The van der Waals surface area contributed by atoms with Crippen LogP contribution >= 0.6 is 0 Å². The van der Waals surface area contributed by atoms with Crippen LogP contribution in [0, 0.1) is 6.92 Å². The zero-order valence-corrected chi connectivity index (χ0v) is 18.4. The summed E-state index contributed by atoms with van der Waals surface area (Å²) in [7, 11) is 0. The van der Waals surface area contributed by atoms with Crippen molar-refractivity contribution in [1.82, 2.24) is 9.97 Å². The highest BCUT2D eigenvalue weighted by molar-refractivity contribution is 5.96. The number of halogens is 3. The van der Waals surface area contributed by atoms with E-state index in [1.807, 2.05) is 19.1 Å². The highest BCUT2D eigenvalue weighted by atomic mass is 19.4. The second kappa shape index (κ2) is 7.62. The first-order chi connectivity index (χ1) is 14.9. The van der Waals surface area contributed by atoms with E-state index in [9.17, 15) is 13.2 Å². The van der Waals surface area contributed by atoms with Crippen LogP contribution in [-0.4, -0.2) is 9.97 Å². The van der Waals surface area contributed by atoms with Crippen molar-refractivity contribution in [3.8, 4) is 22.5 Å². The minimum Gasteiger partial charge on any atom is -0.383 e. The van der Waals surface area contributed by atoms with Gasteiger partial charge < -0.3 is 5.73 Å². The molecular formula is C26H24F3N3. The molecule has 0 bridgehead atoms. The minimum atomic E-state index is -4.39. The molecule has 1 aromatic heterocycles. The van der Waals surface area contributed by atoms with Gasteiger partial charge in [-0.05, 0) is 52.8 Å². The maximum atomic E-state index is 12.8. The maximum Gasteiger partial charge on any atom is 0.416 e. The van der Waals surface area contributed by atoms with Gasteiger partial charge in [-0.3, -0.25) is 0 Å². The van der Waals surface area contributed by atoms with Gasteiger partial charge in [-0.2, -0.15) is 13.2 Å². The average Bonchev–Trinajstić information content (AvgIpc) is 2.72. The van der Waals surface area contributed by atoms with Gasteiger partial charge in [-0.1, -0.05) is 63.2 Å². The zero-order valence-electron chi connectivity index (χ0n) is 18.4. The Hall–Kier alpha value is -3.41. The molecule has 0 radical (unpaired) electrons. The van der Waals surface area contributed by atoms with Crippen LogP contribution in [-0.2, 0) is 11.6 Å². The molecular weight excluding hydrogens is 411 g/mol. The van der Waals surface area contributed by atoms with Crippen LogP contribution < -0.4 is 5.73 Å². The average molecular weight is 435 g/mol. The summed E-state index contributed by atoms with van der Waals surface area (Å²) in [5.41, 5.74) is 11.1. The van der Waals surface area contributed by atoms with Gasteiger partial charge in [-0.25, -0.2) is 9.97 Å². The normalized spacial score (nSPS) is 12.3. The maximum absolute atomic E-state index is 12.8. The van der Waals surface area contributed by atoms with E-state index in [-0.39, 0.29) is 5.41 Å². The number of benzene rings is 3. The Bertz CT molecular complexity index is 1280. The number of anilines is 1. The summed E-state index contributed by atoms with van der Waals surface area (Å²) in [6, 6.07) is 17.1. The van der Waals surface area contributed by atoms with Crippen LogP contribution in [0.3, 0.4) is 0 Å². The van der Waals surface area contributed by atoms with Gasteiger partial charge in [0, 0.05) is 10.9 Å². The highest BCUT2D eigenvalue weighted by Gasteiger charge is 2.30. The third-order valence-corrected chi connectivity index (χ3v) is 5.68. The molecule has 2 N–H and O–H groups in total. The predicted octanol–water partition coefficient (Wildman–Crippen LogP) is 7.17. The van der Waals surface area contributed by atoms with Gasteiger partial charge in [0.2, 0.25) is 0 Å². The lowest BCUT2D eigenvalue weighted by molar-refractivity contribution is -0.137. The van der Waals surface area contributed by atoms with E-state index in [2.05, 4.69) is 55.0 Å². The van der Waals surface area contributed by atoms with Crippen LogP contribution in [0.1, 0.15) is 37.5 Å². The molecule has 3 aromatic carbocycles. The summed E-state index contributed by atoms with van der Waals surface area (Å²) in [5.74, 6) is 0.598. The third kappa shape index (κ3) is 4.05. The molecule has 0 aliphatic heterocycles. The van der Waals surface area contributed by atoms with Crippen LogP contribution in [0.4, 0.5) is 19.0 Å².